The number of aromatic nitrogens is 2. The summed E-state index contributed by atoms with van der Waals surface area (Å²) >= 11 is 1.43. The Kier molecular flexibility index (Phi) is 4.86. The van der Waals surface area contributed by atoms with Gasteiger partial charge in [0.05, 0.1) is 25.1 Å². The molecule has 0 fully saturated rings. The number of nitrogens with zero attached hydrogens (tertiary/aromatic N) is 2. The van der Waals surface area contributed by atoms with E-state index < -0.39 is 0 Å². The minimum atomic E-state index is 0.0342. The maximum Gasteiger partial charge on any atom is 0.271 e. The van der Waals surface area contributed by atoms with Crippen molar-refractivity contribution in [3.05, 3.63) is 28.1 Å². The third-order valence-electron chi connectivity index (χ3n) is 2.56. The van der Waals surface area contributed by atoms with E-state index in [1.54, 1.807) is 18.0 Å². The van der Waals surface area contributed by atoms with Crippen LogP contribution in [-0.4, -0.2) is 36.5 Å². The first-order valence-electron chi connectivity index (χ1n) is 5.82. The zero-order valence-electron chi connectivity index (χ0n) is 10.3. The van der Waals surface area contributed by atoms with Gasteiger partial charge in [0.25, 0.3) is 5.56 Å². The summed E-state index contributed by atoms with van der Waals surface area (Å²) < 4.78 is 12.6. The van der Waals surface area contributed by atoms with Crippen LogP contribution in [0.5, 0.6) is 0 Å². The topological polar surface area (TPSA) is 53.4 Å². The van der Waals surface area contributed by atoms with Crippen LogP contribution in [-0.2, 0) is 16.0 Å². The lowest BCUT2D eigenvalue weighted by Gasteiger charge is -2.06. The number of hydrogen-bond donors (Lipinski definition) is 0. The summed E-state index contributed by atoms with van der Waals surface area (Å²) in [5.74, 6) is 0. The number of methoxy groups -OCH3 is 1. The third-order valence-corrected chi connectivity index (χ3v) is 3.45. The summed E-state index contributed by atoms with van der Waals surface area (Å²) in [4.78, 5) is 16.3. The first kappa shape index (κ1) is 13.2. The van der Waals surface area contributed by atoms with Gasteiger partial charge in [-0.2, -0.15) is 0 Å². The van der Waals surface area contributed by atoms with Crippen molar-refractivity contribution in [1.29, 1.82) is 0 Å². The number of hydrogen-bond acceptors (Lipinski definition) is 5. The fourth-order valence-corrected chi connectivity index (χ4v) is 2.41. The van der Waals surface area contributed by atoms with E-state index in [9.17, 15) is 4.79 Å². The molecule has 2 aromatic heterocycles. The standard InChI is InChI=1S/C12H16N2O3S/c1-16-6-7-17-5-2-4-14-9-13-10-3-8-18-11(10)12(14)15/h3,8-9H,2,4-7H2,1H3. The summed E-state index contributed by atoms with van der Waals surface area (Å²) in [6.45, 7) is 2.45. The maximum atomic E-state index is 12.0. The highest BCUT2D eigenvalue weighted by atomic mass is 32.1. The predicted octanol–water partition coefficient (Wildman–Crippen LogP) is 1.51. The number of ether oxygens (including phenoxy) is 2. The quantitative estimate of drug-likeness (QED) is 0.714. The normalized spacial score (nSPS) is 11.2. The van der Waals surface area contributed by atoms with Crippen LogP contribution < -0.4 is 5.56 Å². The highest BCUT2D eigenvalue weighted by molar-refractivity contribution is 7.17. The van der Waals surface area contributed by atoms with Gasteiger partial charge in [-0.15, -0.1) is 11.3 Å². The van der Waals surface area contributed by atoms with Crippen molar-refractivity contribution in [1.82, 2.24) is 9.55 Å². The first-order chi connectivity index (χ1) is 8.83. The fraction of sp³-hybridized carbons (Fsp3) is 0.500. The summed E-state index contributed by atoms with van der Waals surface area (Å²) in [5.41, 5.74) is 0.810. The van der Waals surface area contributed by atoms with Crippen molar-refractivity contribution in [2.75, 3.05) is 26.9 Å². The molecule has 0 radical (unpaired) electrons. The van der Waals surface area contributed by atoms with Gasteiger partial charge in [0, 0.05) is 20.3 Å². The molecule has 0 N–H and O–H groups in total. The average molecular weight is 268 g/mol. The molecule has 0 bridgehead atoms. The van der Waals surface area contributed by atoms with Crippen molar-refractivity contribution < 1.29 is 9.47 Å². The van der Waals surface area contributed by atoms with E-state index >= 15 is 0 Å². The average Bonchev–Trinajstić information content (AvgIpc) is 2.85. The molecule has 2 aromatic rings. The van der Waals surface area contributed by atoms with E-state index in [1.165, 1.54) is 11.3 Å². The number of fused-ring (bicyclic) bond motifs is 1. The molecule has 2 heterocycles. The number of rotatable bonds is 7. The Morgan fingerprint density at radius 1 is 1.39 bits per heavy atom. The molecule has 0 aliphatic heterocycles. The molecule has 18 heavy (non-hydrogen) atoms. The summed E-state index contributed by atoms with van der Waals surface area (Å²) in [5, 5.41) is 1.89. The van der Waals surface area contributed by atoms with Gasteiger partial charge in [-0.05, 0) is 17.9 Å². The van der Waals surface area contributed by atoms with Gasteiger partial charge in [-0.1, -0.05) is 0 Å². The molecule has 0 aliphatic rings. The lowest BCUT2D eigenvalue weighted by Crippen LogP contribution is -2.20. The lowest BCUT2D eigenvalue weighted by atomic mass is 10.4. The van der Waals surface area contributed by atoms with E-state index in [1.807, 2.05) is 11.4 Å². The summed E-state index contributed by atoms with van der Waals surface area (Å²) in [6, 6.07) is 1.86. The minimum Gasteiger partial charge on any atom is -0.382 e. The second-order valence-electron chi connectivity index (χ2n) is 3.84. The smallest absolute Gasteiger partial charge is 0.271 e. The van der Waals surface area contributed by atoms with Gasteiger partial charge < -0.3 is 9.47 Å². The molecule has 0 aromatic carbocycles. The first-order valence-corrected chi connectivity index (χ1v) is 6.70. The van der Waals surface area contributed by atoms with E-state index in [0.29, 0.717) is 26.4 Å². The van der Waals surface area contributed by atoms with Gasteiger partial charge in [-0.25, -0.2) is 4.98 Å². The Labute approximate surface area is 109 Å². The van der Waals surface area contributed by atoms with E-state index in [2.05, 4.69) is 4.98 Å². The Hall–Kier alpha value is -1.24. The van der Waals surface area contributed by atoms with Crippen molar-refractivity contribution in [3.63, 3.8) is 0 Å². The maximum absolute atomic E-state index is 12.0. The summed E-state index contributed by atoms with van der Waals surface area (Å²) in [6.07, 6.45) is 2.40. The Morgan fingerprint density at radius 2 is 2.28 bits per heavy atom. The summed E-state index contributed by atoms with van der Waals surface area (Å²) in [7, 11) is 1.64. The van der Waals surface area contributed by atoms with Crippen molar-refractivity contribution in [2.45, 2.75) is 13.0 Å². The van der Waals surface area contributed by atoms with Gasteiger partial charge in [0.2, 0.25) is 0 Å². The Balaban J connectivity index is 1.88. The van der Waals surface area contributed by atoms with Crippen molar-refractivity contribution in [3.8, 4) is 0 Å². The largest absolute Gasteiger partial charge is 0.382 e. The van der Waals surface area contributed by atoms with Crippen LogP contribution >= 0.6 is 11.3 Å². The van der Waals surface area contributed by atoms with E-state index in [0.717, 1.165) is 16.6 Å². The molecule has 0 amide bonds. The Bertz CT molecular complexity index is 549. The van der Waals surface area contributed by atoms with Crippen molar-refractivity contribution >= 4 is 21.6 Å². The molecule has 0 atom stereocenters. The Morgan fingerprint density at radius 3 is 3.11 bits per heavy atom. The highest BCUT2D eigenvalue weighted by Gasteiger charge is 2.04. The molecule has 98 valence electrons. The highest BCUT2D eigenvalue weighted by Crippen LogP contribution is 2.13. The minimum absolute atomic E-state index is 0.0342. The zero-order chi connectivity index (χ0) is 12.8. The third kappa shape index (κ3) is 3.16. The molecule has 5 nitrogen and oxygen atoms in total. The molecule has 0 saturated carbocycles. The van der Waals surface area contributed by atoms with Gasteiger partial charge in [0.15, 0.2) is 0 Å². The van der Waals surface area contributed by atoms with Crippen LogP contribution in [0.2, 0.25) is 0 Å². The van der Waals surface area contributed by atoms with Crippen LogP contribution in [0.3, 0.4) is 0 Å². The second-order valence-corrected chi connectivity index (χ2v) is 4.75. The van der Waals surface area contributed by atoms with Crippen LogP contribution in [0, 0.1) is 0 Å². The van der Waals surface area contributed by atoms with Crippen LogP contribution in [0.15, 0.2) is 22.6 Å². The van der Waals surface area contributed by atoms with Crippen molar-refractivity contribution in [2.24, 2.45) is 0 Å². The molecule has 0 spiro atoms. The monoisotopic (exact) mass is 268 g/mol. The fourth-order valence-electron chi connectivity index (χ4n) is 1.62. The van der Waals surface area contributed by atoms with Gasteiger partial charge >= 0.3 is 0 Å². The van der Waals surface area contributed by atoms with Crippen LogP contribution in [0.1, 0.15) is 6.42 Å². The molecule has 0 unspecified atom stereocenters. The number of aryl methyl sites for hydroxylation is 1. The lowest BCUT2D eigenvalue weighted by molar-refractivity contribution is 0.0679. The SMILES string of the molecule is COCCOCCCn1cnc2ccsc2c1=O. The second kappa shape index (κ2) is 6.63. The molecule has 2 rings (SSSR count). The molecular weight excluding hydrogens is 252 g/mol. The van der Waals surface area contributed by atoms with E-state index in [4.69, 9.17) is 9.47 Å². The van der Waals surface area contributed by atoms with E-state index in [-0.39, 0.29) is 5.56 Å². The van der Waals surface area contributed by atoms with Gasteiger partial charge in [-0.3, -0.25) is 9.36 Å². The van der Waals surface area contributed by atoms with Crippen LogP contribution in [0.25, 0.3) is 10.2 Å². The predicted molar refractivity (Wildman–Crippen MR) is 71.2 cm³/mol. The number of thiophene rings is 1. The van der Waals surface area contributed by atoms with Gasteiger partial charge in [0.1, 0.15) is 4.70 Å². The molecule has 0 aliphatic carbocycles. The molecule has 6 heteroatoms. The zero-order valence-corrected chi connectivity index (χ0v) is 11.1. The molecule has 0 saturated heterocycles. The van der Waals surface area contributed by atoms with Crippen LogP contribution in [0.4, 0.5) is 0 Å². The molecular formula is C12H16N2O3S.